The minimum absolute atomic E-state index is 0.0184. The zero-order valence-corrected chi connectivity index (χ0v) is 11.2. The molecule has 3 rings (SSSR count). The van der Waals surface area contributed by atoms with E-state index in [9.17, 15) is 13.6 Å². The van der Waals surface area contributed by atoms with Crippen molar-refractivity contribution in [1.29, 1.82) is 0 Å². The maximum Gasteiger partial charge on any atom is 0.276 e. The summed E-state index contributed by atoms with van der Waals surface area (Å²) < 4.78 is 26.7. The molecule has 0 bridgehead atoms. The Hall–Kier alpha value is -2.47. The first-order valence-electron chi connectivity index (χ1n) is 5.94. The number of nitrogens with zero attached hydrogens (tertiary/aromatic N) is 1. The van der Waals surface area contributed by atoms with Gasteiger partial charge >= 0.3 is 0 Å². The van der Waals surface area contributed by atoms with Gasteiger partial charge in [-0.3, -0.25) is 9.89 Å². The molecule has 0 aliphatic carbocycles. The van der Waals surface area contributed by atoms with Gasteiger partial charge in [0.05, 0.1) is 0 Å². The summed E-state index contributed by atoms with van der Waals surface area (Å²) in [6.07, 6.45) is 0. The van der Waals surface area contributed by atoms with Crippen molar-refractivity contribution in [2.45, 2.75) is 0 Å². The first kappa shape index (κ1) is 13.5. The molecule has 1 aromatic heterocycles. The summed E-state index contributed by atoms with van der Waals surface area (Å²) in [6.45, 7) is 0. The molecule has 7 heteroatoms. The molecule has 0 aliphatic rings. The van der Waals surface area contributed by atoms with E-state index in [0.29, 0.717) is 5.39 Å². The van der Waals surface area contributed by atoms with Gasteiger partial charge in [0.15, 0.2) is 5.69 Å². The molecular weight excluding hydrogens is 300 g/mol. The van der Waals surface area contributed by atoms with Gasteiger partial charge < -0.3 is 5.32 Å². The minimum atomic E-state index is -0.589. The number of rotatable bonds is 2. The van der Waals surface area contributed by atoms with Crippen LogP contribution in [0.1, 0.15) is 10.5 Å². The van der Waals surface area contributed by atoms with Crippen molar-refractivity contribution in [2.24, 2.45) is 0 Å². The molecule has 1 heterocycles. The Bertz CT molecular complexity index is 827. The second-order valence-corrected chi connectivity index (χ2v) is 4.78. The van der Waals surface area contributed by atoms with Gasteiger partial charge in [-0.2, -0.15) is 5.10 Å². The van der Waals surface area contributed by atoms with E-state index in [-0.39, 0.29) is 21.9 Å². The third-order valence-electron chi connectivity index (χ3n) is 2.88. The Labute approximate surface area is 122 Å². The van der Waals surface area contributed by atoms with E-state index in [0.717, 1.165) is 12.1 Å². The van der Waals surface area contributed by atoms with Gasteiger partial charge in [0, 0.05) is 16.1 Å². The van der Waals surface area contributed by atoms with Gasteiger partial charge in [-0.25, -0.2) is 8.78 Å². The third-order valence-corrected chi connectivity index (χ3v) is 3.10. The second kappa shape index (κ2) is 5.14. The molecule has 1 amide bonds. The smallest absolute Gasteiger partial charge is 0.276 e. The van der Waals surface area contributed by atoms with Gasteiger partial charge in [0.1, 0.15) is 17.2 Å². The monoisotopic (exact) mass is 307 g/mol. The van der Waals surface area contributed by atoms with Crippen LogP contribution < -0.4 is 5.32 Å². The van der Waals surface area contributed by atoms with Crippen LogP contribution in [-0.2, 0) is 0 Å². The van der Waals surface area contributed by atoms with Gasteiger partial charge in [-0.05, 0) is 24.3 Å². The van der Waals surface area contributed by atoms with E-state index in [4.69, 9.17) is 11.6 Å². The molecule has 0 unspecified atom stereocenters. The van der Waals surface area contributed by atoms with Crippen molar-refractivity contribution >= 4 is 34.1 Å². The van der Waals surface area contributed by atoms with E-state index in [1.165, 1.54) is 18.2 Å². The van der Waals surface area contributed by atoms with E-state index in [1.54, 1.807) is 6.07 Å². The van der Waals surface area contributed by atoms with Crippen molar-refractivity contribution in [1.82, 2.24) is 10.2 Å². The average molecular weight is 308 g/mol. The molecule has 0 atom stereocenters. The number of aromatic amines is 1. The number of carbonyl (C=O) groups is 1. The fourth-order valence-corrected chi connectivity index (χ4v) is 2.22. The van der Waals surface area contributed by atoms with Crippen molar-refractivity contribution in [3.8, 4) is 0 Å². The highest BCUT2D eigenvalue weighted by atomic mass is 35.5. The molecular formula is C14H8ClF2N3O. The summed E-state index contributed by atoms with van der Waals surface area (Å²) in [5, 5.41) is 9.22. The first-order valence-corrected chi connectivity index (χ1v) is 6.32. The summed E-state index contributed by atoms with van der Waals surface area (Å²) in [6, 6.07) is 7.95. The van der Waals surface area contributed by atoms with E-state index < -0.39 is 17.5 Å². The third kappa shape index (κ3) is 2.57. The van der Waals surface area contributed by atoms with Crippen LogP contribution in [0.3, 0.4) is 0 Å². The van der Waals surface area contributed by atoms with Crippen LogP contribution in [0.5, 0.6) is 0 Å². The van der Waals surface area contributed by atoms with Crippen LogP contribution in [0.15, 0.2) is 36.4 Å². The molecule has 106 valence electrons. The summed E-state index contributed by atoms with van der Waals surface area (Å²) in [5.41, 5.74) is 0.349. The summed E-state index contributed by atoms with van der Waals surface area (Å²) in [7, 11) is 0. The first-order chi connectivity index (χ1) is 10.0. The summed E-state index contributed by atoms with van der Waals surface area (Å²) in [4.78, 5) is 12.1. The molecule has 0 saturated heterocycles. The lowest BCUT2D eigenvalue weighted by atomic mass is 10.2. The van der Waals surface area contributed by atoms with E-state index in [1.807, 2.05) is 0 Å². The predicted molar refractivity (Wildman–Crippen MR) is 75.4 cm³/mol. The number of hydrogen-bond acceptors (Lipinski definition) is 2. The highest BCUT2D eigenvalue weighted by molar-refractivity contribution is 6.31. The van der Waals surface area contributed by atoms with Crippen LogP contribution in [0.2, 0.25) is 5.02 Å². The van der Waals surface area contributed by atoms with Crippen LogP contribution in [-0.4, -0.2) is 16.1 Å². The summed E-state index contributed by atoms with van der Waals surface area (Å²) >= 11 is 5.71. The number of halogens is 3. The topological polar surface area (TPSA) is 57.8 Å². The highest BCUT2D eigenvalue weighted by Gasteiger charge is 2.16. The molecule has 0 saturated carbocycles. The molecule has 4 nitrogen and oxygen atoms in total. The quantitative estimate of drug-likeness (QED) is 0.757. The lowest BCUT2D eigenvalue weighted by Crippen LogP contribution is -2.13. The van der Waals surface area contributed by atoms with Crippen molar-refractivity contribution < 1.29 is 13.6 Å². The summed E-state index contributed by atoms with van der Waals surface area (Å²) in [5.74, 6) is -1.67. The Balaban J connectivity index is 1.96. The van der Waals surface area contributed by atoms with Gasteiger partial charge in [-0.1, -0.05) is 23.7 Å². The Morgan fingerprint density at radius 1 is 1.24 bits per heavy atom. The average Bonchev–Trinajstić information content (AvgIpc) is 2.82. The van der Waals surface area contributed by atoms with Gasteiger partial charge in [0.2, 0.25) is 0 Å². The van der Waals surface area contributed by atoms with Crippen LogP contribution in [0, 0.1) is 11.6 Å². The minimum Gasteiger partial charge on any atom is -0.320 e. The fourth-order valence-electron chi connectivity index (χ4n) is 2.00. The molecule has 0 spiro atoms. The maximum absolute atomic E-state index is 13.5. The molecule has 0 radical (unpaired) electrons. The molecule has 2 aromatic carbocycles. The molecule has 3 aromatic rings. The SMILES string of the molecule is O=C(Nc1cc(F)cc(Cl)c1)c1n[nH]c2c(F)cccc12. The van der Waals surface area contributed by atoms with E-state index >= 15 is 0 Å². The van der Waals surface area contributed by atoms with Gasteiger partial charge in [-0.15, -0.1) is 0 Å². The van der Waals surface area contributed by atoms with Crippen molar-refractivity contribution in [3.63, 3.8) is 0 Å². The lowest BCUT2D eigenvalue weighted by molar-refractivity contribution is 0.102. The number of aromatic nitrogens is 2. The number of fused-ring (bicyclic) bond motifs is 1. The van der Waals surface area contributed by atoms with Gasteiger partial charge in [0.25, 0.3) is 5.91 Å². The molecule has 0 aliphatic heterocycles. The largest absolute Gasteiger partial charge is 0.320 e. The Morgan fingerprint density at radius 3 is 2.81 bits per heavy atom. The Morgan fingerprint density at radius 2 is 2.05 bits per heavy atom. The highest BCUT2D eigenvalue weighted by Crippen LogP contribution is 2.21. The zero-order chi connectivity index (χ0) is 15.0. The van der Waals surface area contributed by atoms with Crippen molar-refractivity contribution in [2.75, 3.05) is 5.32 Å². The number of anilines is 1. The number of carbonyl (C=O) groups excluding carboxylic acids is 1. The standard InChI is InChI=1S/C14H8ClF2N3O/c15-7-4-8(16)6-9(5-7)18-14(21)13-10-2-1-3-11(17)12(10)19-20-13/h1-6H,(H,18,21)(H,19,20). The normalized spacial score (nSPS) is 10.8. The number of amides is 1. The van der Waals surface area contributed by atoms with Crippen LogP contribution in [0.4, 0.5) is 14.5 Å². The van der Waals surface area contributed by atoms with E-state index in [2.05, 4.69) is 15.5 Å². The molecule has 0 fully saturated rings. The van der Waals surface area contributed by atoms with Crippen molar-refractivity contribution in [3.05, 3.63) is 58.7 Å². The number of para-hydroxylation sites is 1. The molecule has 2 N–H and O–H groups in total. The number of hydrogen-bond donors (Lipinski definition) is 2. The fraction of sp³-hybridized carbons (Fsp3) is 0. The Kier molecular flexibility index (Phi) is 3.31. The number of H-pyrrole nitrogens is 1. The van der Waals surface area contributed by atoms with Crippen LogP contribution in [0.25, 0.3) is 10.9 Å². The van der Waals surface area contributed by atoms with Crippen LogP contribution >= 0.6 is 11.6 Å². The zero-order valence-electron chi connectivity index (χ0n) is 10.5. The lowest BCUT2D eigenvalue weighted by Gasteiger charge is -2.04. The second-order valence-electron chi connectivity index (χ2n) is 4.35. The molecule has 21 heavy (non-hydrogen) atoms. The maximum atomic E-state index is 13.5. The number of benzene rings is 2. The number of nitrogens with one attached hydrogen (secondary N) is 2. The predicted octanol–water partition coefficient (Wildman–Crippen LogP) is 3.75.